The molecule has 1 unspecified atom stereocenters. The van der Waals surface area contributed by atoms with E-state index in [9.17, 15) is 9.59 Å². The van der Waals surface area contributed by atoms with Gasteiger partial charge in [0.05, 0.1) is 10.9 Å². The van der Waals surface area contributed by atoms with Crippen LogP contribution in [-0.2, 0) is 15.0 Å². The van der Waals surface area contributed by atoms with Gasteiger partial charge in [0, 0.05) is 42.4 Å². The average Bonchev–Trinajstić information content (AvgIpc) is 3.29. The molecule has 0 radical (unpaired) electrons. The van der Waals surface area contributed by atoms with Crippen LogP contribution in [-0.4, -0.2) is 36.1 Å². The highest BCUT2D eigenvalue weighted by Crippen LogP contribution is 2.50. The van der Waals surface area contributed by atoms with Crippen molar-refractivity contribution >= 4 is 46.3 Å². The van der Waals surface area contributed by atoms with Crippen molar-refractivity contribution in [3.05, 3.63) is 51.2 Å². The summed E-state index contributed by atoms with van der Waals surface area (Å²) in [6.07, 6.45) is 1.90. The van der Waals surface area contributed by atoms with E-state index in [0.717, 1.165) is 29.1 Å². The van der Waals surface area contributed by atoms with Crippen LogP contribution in [0, 0.1) is 5.41 Å². The minimum atomic E-state index is -0.586. The molecular weight excluding hydrogens is 394 g/mol. The standard InChI is InChI=1S/C21H22ClN3O2S/c1-21(19-15(22)9-11-28-19)12-16(23)24(2)20(27)18(21)13-5-7-14(8-6-13)25-10-3-4-17(25)26/h5-9,11,18,23H,3-4,10,12H2,1-2H3/t18?,21-/m0/s1. The first kappa shape index (κ1) is 19.2. The van der Waals surface area contributed by atoms with Crippen LogP contribution in [0.4, 0.5) is 5.69 Å². The van der Waals surface area contributed by atoms with Crippen molar-refractivity contribution in [2.75, 3.05) is 18.5 Å². The fourth-order valence-corrected chi connectivity index (χ4v) is 5.83. The highest BCUT2D eigenvalue weighted by molar-refractivity contribution is 7.10. The van der Waals surface area contributed by atoms with Crippen LogP contribution in [0.3, 0.4) is 0 Å². The van der Waals surface area contributed by atoms with Gasteiger partial charge in [-0.1, -0.05) is 30.7 Å². The van der Waals surface area contributed by atoms with E-state index in [1.165, 1.54) is 16.2 Å². The Morgan fingerprint density at radius 1 is 1.21 bits per heavy atom. The van der Waals surface area contributed by atoms with Gasteiger partial charge in [-0.25, -0.2) is 0 Å². The SMILES string of the molecule is CN1C(=N)C[C@](C)(c2sccc2Cl)C(c2ccc(N3CCCC3=O)cc2)C1=O. The van der Waals surface area contributed by atoms with Crippen LogP contribution >= 0.6 is 22.9 Å². The number of amidine groups is 1. The number of piperidine rings is 1. The number of nitrogens with zero attached hydrogens (tertiary/aromatic N) is 2. The minimum Gasteiger partial charge on any atom is -0.312 e. The number of benzene rings is 1. The molecule has 0 spiro atoms. The highest BCUT2D eigenvalue weighted by Gasteiger charge is 2.49. The highest BCUT2D eigenvalue weighted by atomic mass is 35.5. The second kappa shape index (κ2) is 7.01. The fourth-order valence-electron chi connectivity index (χ4n) is 4.36. The Balaban J connectivity index is 1.76. The number of nitrogens with one attached hydrogen (secondary N) is 1. The molecule has 7 heteroatoms. The summed E-state index contributed by atoms with van der Waals surface area (Å²) in [7, 11) is 1.66. The first-order valence-corrected chi connectivity index (χ1v) is 10.6. The second-order valence-electron chi connectivity index (χ2n) is 7.71. The molecule has 1 aromatic heterocycles. The molecule has 1 N–H and O–H groups in total. The molecule has 1 aromatic carbocycles. The minimum absolute atomic E-state index is 0.104. The Morgan fingerprint density at radius 2 is 1.93 bits per heavy atom. The quantitative estimate of drug-likeness (QED) is 0.806. The lowest BCUT2D eigenvalue weighted by Gasteiger charge is -2.44. The Labute approximate surface area is 173 Å². The van der Waals surface area contributed by atoms with Crippen molar-refractivity contribution < 1.29 is 9.59 Å². The number of hydrogen-bond acceptors (Lipinski definition) is 4. The zero-order chi connectivity index (χ0) is 20.1. The van der Waals surface area contributed by atoms with Crippen molar-refractivity contribution in [2.24, 2.45) is 0 Å². The summed E-state index contributed by atoms with van der Waals surface area (Å²) >= 11 is 7.98. The topological polar surface area (TPSA) is 64.5 Å². The number of anilines is 1. The number of carbonyl (C=O) groups is 2. The predicted octanol–water partition coefficient (Wildman–Crippen LogP) is 4.41. The third-order valence-corrected chi connectivity index (χ3v) is 7.52. The fraction of sp³-hybridized carbons (Fsp3) is 0.381. The smallest absolute Gasteiger partial charge is 0.236 e. The monoisotopic (exact) mass is 415 g/mol. The van der Waals surface area contributed by atoms with Crippen LogP contribution in [0.1, 0.15) is 42.5 Å². The van der Waals surface area contributed by atoms with Crippen LogP contribution in [0.25, 0.3) is 0 Å². The number of amides is 2. The van der Waals surface area contributed by atoms with Crippen molar-refractivity contribution in [2.45, 2.75) is 37.5 Å². The lowest BCUT2D eigenvalue weighted by molar-refractivity contribution is -0.131. The molecule has 2 aliphatic rings. The molecule has 4 rings (SSSR count). The maximum absolute atomic E-state index is 13.2. The van der Waals surface area contributed by atoms with Gasteiger partial charge in [-0.2, -0.15) is 0 Å². The molecule has 146 valence electrons. The summed E-state index contributed by atoms with van der Waals surface area (Å²) in [5.74, 6) is -0.100. The van der Waals surface area contributed by atoms with Crippen LogP contribution in [0.2, 0.25) is 5.02 Å². The van der Waals surface area contributed by atoms with Crippen LogP contribution < -0.4 is 4.90 Å². The van der Waals surface area contributed by atoms with Gasteiger partial charge in [0.15, 0.2) is 0 Å². The van der Waals surface area contributed by atoms with Crippen molar-refractivity contribution in [1.82, 2.24) is 4.90 Å². The van der Waals surface area contributed by atoms with Gasteiger partial charge >= 0.3 is 0 Å². The lowest BCUT2D eigenvalue weighted by atomic mass is 9.67. The summed E-state index contributed by atoms with van der Waals surface area (Å²) < 4.78 is 0. The maximum atomic E-state index is 13.2. The van der Waals surface area contributed by atoms with Gasteiger partial charge in [-0.3, -0.25) is 15.0 Å². The molecule has 3 heterocycles. The van der Waals surface area contributed by atoms with E-state index >= 15 is 0 Å². The number of likely N-dealkylation sites (N-methyl/N-ethyl adjacent to an activating group) is 1. The van der Waals surface area contributed by atoms with Gasteiger partial charge in [0.1, 0.15) is 5.84 Å². The Hall–Kier alpha value is -2.18. The van der Waals surface area contributed by atoms with Crippen molar-refractivity contribution in [1.29, 1.82) is 5.41 Å². The molecule has 5 nitrogen and oxygen atoms in total. The summed E-state index contributed by atoms with van der Waals surface area (Å²) in [4.78, 5) is 29.4. The number of carbonyl (C=O) groups excluding carboxylic acids is 2. The van der Waals surface area contributed by atoms with Gasteiger partial charge in [0.2, 0.25) is 11.8 Å². The molecule has 2 fully saturated rings. The maximum Gasteiger partial charge on any atom is 0.236 e. The zero-order valence-electron chi connectivity index (χ0n) is 15.9. The summed E-state index contributed by atoms with van der Waals surface area (Å²) in [5, 5.41) is 10.9. The Bertz CT molecular complexity index is 955. The third-order valence-electron chi connectivity index (χ3n) is 5.90. The van der Waals surface area contributed by atoms with E-state index < -0.39 is 11.3 Å². The van der Waals surface area contributed by atoms with Gasteiger partial charge in [0.25, 0.3) is 0 Å². The van der Waals surface area contributed by atoms with Gasteiger partial charge < -0.3 is 9.80 Å². The molecule has 2 aromatic rings. The first-order chi connectivity index (χ1) is 13.3. The van der Waals surface area contributed by atoms with E-state index in [0.29, 0.717) is 23.7 Å². The van der Waals surface area contributed by atoms with Crippen molar-refractivity contribution in [3.63, 3.8) is 0 Å². The first-order valence-electron chi connectivity index (χ1n) is 9.31. The number of rotatable bonds is 3. The largest absolute Gasteiger partial charge is 0.312 e. The van der Waals surface area contributed by atoms with E-state index in [1.807, 2.05) is 42.6 Å². The molecular formula is C21H22ClN3O2S. The average molecular weight is 416 g/mol. The van der Waals surface area contributed by atoms with E-state index in [1.54, 1.807) is 11.9 Å². The summed E-state index contributed by atoms with van der Waals surface area (Å²) in [6, 6.07) is 9.56. The predicted molar refractivity (Wildman–Crippen MR) is 113 cm³/mol. The summed E-state index contributed by atoms with van der Waals surface area (Å²) in [6.45, 7) is 2.76. The van der Waals surface area contributed by atoms with Crippen molar-refractivity contribution in [3.8, 4) is 0 Å². The number of likely N-dealkylation sites (tertiary alicyclic amines) is 1. The second-order valence-corrected chi connectivity index (χ2v) is 9.03. The van der Waals surface area contributed by atoms with E-state index in [2.05, 4.69) is 0 Å². The zero-order valence-corrected chi connectivity index (χ0v) is 17.4. The van der Waals surface area contributed by atoms with E-state index in [-0.39, 0.29) is 11.8 Å². The Morgan fingerprint density at radius 3 is 2.50 bits per heavy atom. The molecule has 28 heavy (non-hydrogen) atoms. The molecule has 0 bridgehead atoms. The number of thiophene rings is 1. The molecule has 2 amide bonds. The molecule has 0 aliphatic carbocycles. The van der Waals surface area contributed by atoms with Gasteiger partial charge in [-0.05, 0) is 35.6 Å². The molecule has 2 aliphatic heterocycles. The molecule has 2 atom stereocenters. The third kappa shape index (κ3) is 2.95. The van der Waals surface area contributed by atoms with Crippen LogP contribution in [0.5, 0.6) is 0 Å². The number of hydrogen-bond donors (Lipinski definition) is 1. The van der Waals surface area contributed by atoms with E-state index in [4.69, 9.17) is 17.0 Å². The lowest BCUT2D eigenvalue weighted by Crippen LogP contribution is -2.52. The van der Waals surface area contributed by atoms with Crippen LogP contribution in [0.15, 0.2) is 35.7 Å². The molecule has 0 saturated carbocycles. The van der Waals surface area contributed by atoms with Gasteiger partial charge in [-0.15, -0.1) is 11.3 Å². The number of halogens is 1. The normalized spacial score (nSPS) is 25.7. The Kier molecular flexibility index (Phi) is 4.79. The summed E-state index contributed by atoms with van der Waals surface area (Å²) in [5.41, 5.74) is 1.16. The molecule has 2 saturated heterocycles.